The van der Waals surface area contributed by atoms with E-state index in [4.69, 9.17) is 47.4 Å². The van der Waals surface area contributed by atoms with Gasteiger partial charge < -0.3 is 47.4 Å². The molecule has 0 rings (SSSR count). The van der Waals surface area contributed by atoms with Crippen LogP contribution in [-0.2, 0) is 47.4 Å². The minimum atomic E-state index is 0.0851. The van der Waals surface area contributed by atoms with Gasteiger partial charge >= 0.3 is 0 Å². The monoisotopic (exact) mass is 544 g/mol. The van der Waals surface area contributed by atoms with Gasteiger partial charge in [-0.25, -0.2) is 0 Å². The second-order valence-corrected chi connectivity index (χ2v) is 9.08. The van der Waals surface area contributed by atoms with Crippen molar-refractivity contribution < 1.29 is 47.4 Å². The van der Waals surface area contributed by atoms with Crippen LogP contribution in [0.25, 0.3) is 0 Å². The summed E-state index contributed by atoms with van der Waals surface area (Å²) in [6, 6.07) is 0. The summed E-state index contributed by atoms with van der Waals surface area (Å²) >= 11 is 0. The molecule has 0 spiro atoms. The highest BCUT2D eigenvalue weighted by atomic mass is 16.6. The Balaban J connectivity index is -0.000000478. The van der Waals surface area contributed by atoms with Crippen molar-refractivity contribution in [1.82, 2.24) is 0 Å². The molecule has 0 bridgehead atoms. The first-order valence-corrected chi connectivity index (χ1v) is 13.0. The Morgan fingerprint density at radius 1 is 0.297 bits per heavy atom. The lowest BCUT2D eigenvalue weighted by Crippen LogP contribution is -2.26. The smallest absolute Gasteiger partial charge is 0.0781 e. The lowest BCUT2D eigenvalue weighted by Gasteiger charge is -2.18. The maximum Gasteiger partial charge on any atom is 0.0781 e. The molecule has 0 saturated carbocycles. The van der Waals surface area contributed by atoms with Gasteiger partial charge in [0.15, 0.2) is 0 Å². The van der Waals surface area contributed by atoms with E-state index < -0.39 is 0 Å². The third-order valence-electron chi connectivity index (χ3n) is 4.87. The van der Waals surface area contributed by atoms with Crippen LogP contribution in [0.1, 0.15) is 48.5 Å². The topological polar surface area (TPSA) is 92.3 Å². The Morgan fingerprint density at radius 2 is 0.486 bits per heavy atom. The van der Waals surface area contributed by atoms with Crippen LogP contribution in [-0.4, -0.2) is 132 Å². The summed E-state index contributed by atoms with van der Waals surface area (Å²) < 4.78 is 51.7. The van der Waals surface area contributed by atoms with Gasteiger partial charge in [0, 0.05) is 42.7 Å². The van der Waals surface area contributed by atoms with Crippen molar-refractivity contribution in [3.05, 3.63) is 0 Å². The molecule has 0 aromatic carbocycles. The maximum atomic E-state index is 5.53. The van der Waals surface area contributed by atoms with E-state index in [2.05, 4.69) is 0 Å². The zero-order chi connectivity index (χ0) is 29.1. The van der Waals surface area contributed by atoms with E-state index in [9.17, 15) is 0 Å². The van der Waals surface area contributed by atoms with Crippen molar-refractivity contribution in [3.63, 3.8) is 0 Å². The number of hydrogen-bond acceptors (Lipinski definition) is 10. The van der Waals surface area contributed by atoms with Crippen LogP contribution >= 0.6 is 0 Å². The van der Waals surface area contributed by atoms with Crippen LogP contribution in [0.3, 0.4) is 0 Å². The van der Waals surface area contributed by atoms with Gasteiger partial charge in [-0.1, -0.05) is 0 Å². The lowest BCUT2D eigenvalue weighted by molar-refractivity contribution is -0.0709. The third-order valence-corrected chi connectivity index (χ3v) is 4.87. The van der Waals surface area contributed by atoms with E-state index in [0.717, 1.165) is 0 Å². The molecule has 10 nitrogen and oxygen atoms in total. The van der Waals surface area contributed by atoms with E-state index in [1.807, 2.05) is 48.5 Å². The van der Waals surface area contributed by atoms with E-state index >= 15 is 0 Å². The first kappa shape index (κ1) is 41.1. The van der Waals surface area contributed by atoms with Crippen LogP contribution in [0.15, 0.2) is 0 Å². The Morgan fingerprint density at radius 3 is 0.676 bits per heavy atom. The quantitative estimate of drug-likeness (QED) is 0.213. The normalized spacial score (nSPS) is 16.8. The summed E-state index contributed by atoms with van der Waals surface area (Å²) in [5, 5.41) is 0. The fraction of sp³-hybridized carbons (Fsp3) is 1.00. The van der Waals surface area contributed by atoms with Gasteiger partial charge in [-0.3, -0.25) is 0 Å². The van der Waals surface area contributed by atoms with Gasteiger partial charge in [0.25, 0.3) is 0 Å². The molecule has 0 aromatic heterocycles. The third kappa shape index (κ3) is 33.6. The van der Waals surface area contributed by atoms with Gasteiger partial charge in [0.05, 0.1) is 89.0 Å². The molecule has 7 unspecified atom stereocenters. The molecule has 0 radical (unpaired) electrons. The molecule has 0 N–H and O–H groups in total. The molecule has 0 aliphatic rings. The standard InChI is InChI=1S/C11H24O4.2C8H18O3/c1-9(13-5)7-14-11(3)8-15-10(2)6-12-4;2*1-7(10-4)6-11-8(2)5-9-3/h9-11H,6-8H2,1-5H3;2*7-8H,5-6H2,1-4H3. The number of methoxy groups -OCH3 is 6. The average molecular weight is 545 g/mol. The van der Waals surface area contributed by atoms with Crippen molar-refractivity contribution in [2.24, 2.45) is 0 Å². The number of ether oxygens (including phenoxy) is 10. The molecular formula is C27H60O10. The SMILES string of the molecule is COCC(C)OCC(C)OC.COCC(C)OCC(C)OC.COCC(C)OCC(C)OCC(C)OC. The molecule has 0 aliphatic carbocycles. The summed E-state index contributed by atoms with van der Waals surface area (Å²) in [4.78, 5) is 0. The molecule has 228 valence electrons. The molecule has 0 saturated heterocycles. The summed E-state index contributed by atoms with van der Waals surface area (Å²) in [5.74, 6) is 0. The lowest BCUT2D eigenvalue weighted by atomic mass is 10.4. The fourth-order valence-electron chi connectivity index (χ4n) is 2.30. The highest BCUT2D eigenvalue weighted by molar-refractivity contribution is 4.54. The van der Waals surface area contributed by atoms with Crippen LogP contribution in [0.4, 0.5) is 0 Å². The summed E-state index contributed by atoms with van der Waals surface area (Å²) in [7, 11) is 10.0. The Bertz CT molecular complexity index is 408. The molecule has 0 heterocycles. The molecule has 37 heavy (non-hydrogen) atoms. The van der Waals surface area contributed by atoms with E-state index in [0.29, 0.717) is 46.2 Å². The van der Waals surface area contributed by atoms with Crippen molar-refractivity contribution in [2.45, 2.75) is 91.2 Å². The van der Waals surface area contributed by atoms with Crippen molar-refractivity contribution in [2.75, 3.05) is 88.9 Å². The molecule has 10 heteroatoms. The zero-order valence-corrected chi connectivity index (χ0v) is 26.1. The van der Waals surface area contributed by atoms with E-state index in [1.54, 1.807) is 42.7 Å². The van der Waals surface area contributed by atoms with Gasteiger partial charge in [-0.05, 0) is 48.5 Å². The second-order valence-electron chi connectivity index (χ2n) is 9.08. The van der Waals surface area contributed by atoms with Crippen molar-refractivity contribution >= 4 is 0 Å². The van der Waals surface area contributed by atoms with Crippen molar-refractivity contribution in [3.8, 4) is 0 Å². The number of rotatable bonds is 21. The van der Waals surface area contributed by atoms with Gasteiger partial charge in [-0.2, -0.15) is 0 Å². The molecule has 0 amide bonds. The Labute approximate surface area is 227 Å². The molecule has 0 aromatic rings. The Hall–Kier alpha value is -0.400. The Kier molecular flexibility index (Phi) is 33.5. The molecule has 7 atom stereocenters. The minimum Gasteiger partial charge on any atom is -0.382 e. The molecule has 0 aliphatic heterocycles. The second kappa shape index (κ2) is 30.1. The molecule has 0 fully saturated rings. The summed E-state index contributed by atoms with van der Waals surface area (Å²) in [5.41, 5.74) is 0. The first-order valence-electron chi connectivity index (χ1n) is 13.0. The zero-order valence-electron chi connectivity index (χ0n) is 26.1. The van der Waals surface area contributed by atoms with Crippen LogP contribution in [0.5, 0.6) is 0 Å². The predicted octanol–water partition coefficient (Wildman–Crippen LogP) is 3.62. The van der Waals surface area contributed by atoms with Gasteiger partial charge in [0.1, 0.15) is 0 Å². The van der Waals surface area contributed by atoms with Crippen LogP contribution in [0.2, 0.25) is 0 Å². The fourth-order valence-corrected chi connectivity index (χ4v) is 2.30. The van der Waals surface area contributed by atoms with Crippen LogP contribution in [0, 0.1) is 0 Å². The molecular weight excluding hydrogens is 484 g/mol. The minimum absolute atomic E-state index is 0.0851. The summed E-state index contributed by atoms with van der Waals surface area (Å²) in [6.45, 7) is 18.2. The van der Waals surface area contributed by atoms with Gasteiger partial charge in [-0.15, -0.1) is 0 Å². The predicted molar refractivity (Wildman–Crippen MR) is 147 cm³/mol. The highest BCUT2D eigenvalue weighted by Gasteiger charge is 2.09. The average Bonchev–Trinajstić information content (AvgIpc) is 2.88. The van der Waals surface area contributed by atoms with E-state index in [1.165, 1.54) is 0 Å². The largest absolute Gasteiger partial charge is 0.382 e. The first-order chi connectivity index (χ1) is 17.5. The van der Waals surface area contributed by atoms with E-state index in [-0.39, 0.29) is 42.7 Å². The van der Waals surface area contributed by atoms with Gasteiger partial charge in [0.2, 0.25) is 0 Å². The number of hydrogen-bond donors (Lipinski definition) is 0. The highest BCUT2D eigenvalue weighted by Crippen LogP contribution is 2.00. The maximum absolute atomic E-state index is 5.53. The van der Waals surface area contributed by atoms with Crippen LogP contribution < -0.4 is 0 Å². The van der Waals surface area contributed by atoms with Crippen molar-refractivity contribution in [1.29, 1.82) is 0 Å². The summed E-state index contributed by atoms with van der Waals surface area (Å²) in [6.07, 6.45) is 0.950.